The minimum atomic E-state index is -0.250. The molecular weight excluding hydrogens is 282 g/mol. The number of amides is 1. The normalized spacial score (nSPS) is 12.7. The number of rotatable bonds is 3. The molecule has 7 heteroatoms. The monoisotopic (exact) mass is 295 g/mol. The molecule has 1 aliphatic rings. The fourth-order valence-electron chi connectivity index (χ4n) is 2.37. The van der Waals surface area contributed by atoms with Gasteiger partial charge in [0.2, 0.25) is 5.88 Å². The van der Waals surface area contributed by atoms with Crippen molar-refractivity contribution in [2.75, 3.05) is 11.9 Å². The van der Waals surface area contributed by atoms with E-state index in [-0.39, 0.29) is 5.91 Å². The Labute approximate surface area is 125 Å². The summed E-state index contributed by atoms with van der Waals surface area (Å²) >= 11 is 0. The Hall–Kier alpha value is -3.09. The number of hydrogen-bond donors (Lipinski definition) is 2. The third-order valence-electron chi connectivity index (χ3n) is 3.48. The molecule has 0 bridgehead atoms. The van der Waals surface area contributed by atoms with E-state index in [4.69, 9.17) is 4.74 Å². The molecule has 22 heavy (non-hydrogen) atoms. The average molecular weight is 295 g/mol. The molecule has 0 atom stereocenters. The molecule has 3 aromatic rings. The number of aromatic amines is 1. The summed E-state index contributed by atoms with van der Waals surface area (Å²) < 4.78 is 7.04. The van der Waals surface area contributed by atoms with Crippen molar-refractivity contribution in [2.24, 2.45) is 0 Å². The van der Waals surface area contributed by atoms with E-state index in [1.54, 1.807) is 23.3 Å². The van der Waals surface area contributed by atoms with Crippen molar-refractivity contribution < 1.29 is 9.53 Å². The summed E-state index contributed by atoms with van der Waals surface area (Å²) in [5.74, 6) is 0.388. The van der Waals surface area contributed by atoms with E-state index in [1.165, 1.54) is 0 Å². The minimum absolute atomic E-state index is 0.250. The lowest BCUT2D eigenvalue weighted by Crippen LogP contribution is -2.13. The average Bonchev–Trinajstić information content (AvgIpc) is 3.24. The van der Waals surface area contributed by atoms with Gasteiger partial charge in [0.05, 0.1) is 24.8 Å². The Morgan fingerprint density at radius 2 is 2.18 bits per heavy atom. The third kappa shape index (κ3) is 2.22. The molecule has 0 saturated heterocycles. The molecule has 7 nitrogen and oxygen atoms in total. The second kappa shape index (κ2) is 5.03. The predicted octanol–water partition coefficient (Wildman–Crippen LogP) is 1.92. The maximum atomic E-state index is 12.2. The number of benzene rings is 1. The molecule has 1 amide bonds. The zero-order chi connectivity index (χ0) is 14.9. The summed E-state index contributed by atoms with van der Waals surface area (Å²) in [7, 11) is 0. The van der Waals surface area contributed by atoms with E-state index in [0.717, 1.165) is 11.3 Å². The van der Waals surface area contributed by atoms with Gasteiger partial charge in [-0.1, -0.05) is 12.1 Å². The molecule has 0 unspecified atom stereocenters. The summed E-state index contributed by atoms with van der Waals surface area (Å²) in [6, 6.07) is 9.17. The van der Waals surface area contributed by atoms with Crippen LogP contribution in [0.1, 0.15) is 10.5 Å². The number of fused-ring (bicyclic) bond motifs is 1. The summed E-state index contributed by atoms with van der Waals surface area (Å²) in [6.45, 7) is 1.29. The molecule has 2 aromatic heterocycles. The smallest absolute Gasteiger partial charge is 0.276 e. The lowest BCUT2D eigenvalue weighted by Gasteiger charge is -2.04. The Morgan fingerprint density at radius 3 is 2.91 bits per heavy atom. The van der Waals surface area contributed by atoms with Gasteiger partial charge in [-0.3, -0.25) is 4.79 Å². The van der Waals surface area contributed by atoms with Crippen LogP contribution in [0.25, 0.3) is 11.3 Å². The van der Waals surface area contributed by atoms with Gasteiger partial charge in [-0.15, -0.1) is 0 Å². The zero-order valence-electron chi connectivity index (χ0n) is 11.6. The van der Waals surface area contributed by atoms with Gasteiger partial charge in [0.25, 0.3) is 5.91 Å². The van der Waals surface area contributed by atoms with Gasteiger partial charge in [-0.05, 0) is 17.7 Å². The van der Waals surface area contributed by atoms with E-state index in [0.29, 0.717) is 30.4 Å². The number of imidazole rings is 1. The van der Waals surface area contributed by atoms with Crippen molar-refractivity contribution in [3.05, 3.63) is 48.5 Å². The first kappa shape index (κ1) is 12.6. The SMILES string of the molecule is O=C(Nc1ccc(-c2cnc[nH]2)cc1)c1cc2n(n1)CCO2. The van der Waals surface area contributed by atoms with Crippen molar-refractivity contribution in [2.45, 2.75) is 6.54 Å². The largest absolute Gasteiger partial charge is 0.476 e. The maximum absolute atomic E-state index is 12.2. The van der Waals surface area contributed by atoms with Crippen molar-refractivity contribution >= 4 is 11.6 Å². The molecule has 110 valence electrons. The molecule has 0 fully saturated rings. The summed E-state index contributed by atoms with van der Waals surface area (Å²) in [5.41, 5.74) is 3.00. The fraction of sp³-hybridized carbons (Fsp3) is 0.133. The van der Waals surface area contributed by atoms with Gasteiger partial charge < -0.3 is 15.0 Å². The van der Waals surface area contributed by atoms with E-state index in [1.807, 2.05) is 24.3 Å². The maximum Gasteiger partial charge on any atom is 0.276 e. The quantitative estimate of drug-likeness (QED) is 0.773. The van der Waals surface area contributed by atoms with Crippen LogP contribution in [0, 0.1) is 0 Å². The van der Waals surface area contributed by atoms with Crippen LogP contribution in [0.3, 0.4) is 0 Å². The molecule has 0 saturated carbocycles. The molecule has 2 N–H and O–H groups in total. The lowest BCUT2D eigenvalue weighted by atomic mass is 10.1. The van der Waals surface area contributed by atoms with Crippen LogP contribution in [0.4, 0.5) is 5.69 Å². The number of nitrogens with one attached hydrogen (secondary N) is 2. The molecule has 0 aliphatic carbocycles. The van der Waals surface area contributed by atoms with Gasteiger partial charge in [0.15, 0.2) is 5.69 Å². The summed E-state index contributed by atoms with van der Waals surface area (Å²) in [6.07, 6.45) is 3.38. The number of carbonyl (C=O) groups excluding carboxylic acids is 1. The summed E-state index contributed by atoms with van der Waals surface area (Å²) in [4.78, 5) is 19.2. The number of ether oxygens (including phenoxy) is 1. The van der Waals surface area contributed by atoms with Crippen LogP contribution in [-0.4, -0.2) is 32.3 Å². The highest BCUT2D eigenvalue weighted by molar-refractivity contribution is 6.03. The number of carbonyl (C=O) groups is 1. The van der Waals surface area contributed by atoms with Crippen molar-refractivity contribution in [1.29, 1.82) is 0 Å². The van der Waals surface area contributed by atoms with Crippen LogP contribution in [-0.2, 0) is 6.54 Å². The molecular formula is C15H13N5O2. The number of nitrogens with zero attached hydrogens (tertiary/aromatic N) is 3. The number of hydrogen-bond acceptors (Lipinski definition) is 4. The molecule has 0 spiro atoms. The van der Waals surface area contributed by atoms with Gasteiger partial charge in [-0.2, -0.15) is 5.10 Å². The van der Waals surface area contributed by atoms with Gasteiger partial charge in [0.1, 0.15) is 6.61 Å². The van der Waals surface area contributed by atoms with Crippen LogP contribution in [0.5, 0.6) is 5.88 Å². The standard InChI is InChI=1S/C15H13N5O2/c21-15(12-7-14-20(19-12)5-6-22-14)18-11-3-1-10(2-4-11)13-8-16-9-17-13/h1-4,7-9H,5-6H2,(H,16,17)(H,18,21). The number of aromatic nitrogens is 4. The molecule has 4 rings (SSSR count). The van der Waals surface area contributed by atoms with E-state index >= 15 is 0 Å². The Balaban J connectivity index is 1.49. The van der Waals surface area contributed by atoms with E-state index in [2.05, 4.69) is 20.4 Å². The second-order valence-corrected chi connectivity index (χ2v) is 4.94. The number of anilines is 1. The Morgan fingerprint density at radius 1 is 1.32 bits per heavy atom. The van der Waals surface area contributed by atoms with Crippen LogP contribution < -0.4 is 10.1 Å². The van der Waals surface area contributed by atoms with Gasteiger partial charge in [0, 0.05) is 11.8 Å². The first-order valence-electron chi connectivity index (χ1n) is 6.90. The lowest BCUT2D eigenvalue weighted by molar-refractivity contribution is 0.102. The minimum Gasteiger partial charge on any atom is -0.476 e. The predicted molar refractivity (Wildman–Crippen MR) is 79.7 cm³/mol. The number of H-pyrrole nitrogens is 1. The highest BCUT2D eigenvalue weighted by Crippen LogP contribution is 2.21. The van der Waals surface area contributed by atoms with Crippen molar-refractivity contribution in [3.63, 3.8) is 0 Å². The van der Waals surface area contributed by atoms with Crippen LogP contribution in [0.15, 0.2) is 42.9 Å². The third-order valence-corrected chi connectivity index (χ3v) is 3.48. The summed E-state index contributed by atoms with van der Waals surface area (Å²) in [5, 5.41) is 7.03. The molecule has 1 aromatic carbocycles. The van der Waals surface area contributed by atoms with Gasteiger partial charge >= 0.3 is 0 Å². The van der Waals surface area contributed by atoms with Gasteiger partial charge in [-0.25, -0.2) is 9.67 Å². The molecule has 3 heterocycles. The van der Waals surface area contributed by atoms with Crippen LogP contribution in [0.2, 0.25) is 0 Å². The van der Waals surface area contributed by atoms with Crippen molar-refractivity contribution in [1.82, 2.24) is 19.7 Å². The van der Waals surface area contributed by atoms with Crippen molar-refractivity contribution in [3.8, 4) is 17.1 Å². The highest BCUT2D eigenvalue weighted by atomic mass is 16.5. The zero-order valence-corrected chi connectivity index (χ0v) is 11.6. The Bertz CT molecular complexity index is 784. The van der Waals surface area contributed by atoms with Crippen LogP contribution >= 0.6 is 0 Å². The van der Waals surface area contributed by atoms with E-state index in [9.17, 15) is 4.79 Å². The Kier molecular flexibility index (Phi) is 2.89. The first-order valence-corrected chi connectivity index (χ1v) is 6.90. The first-order chi connectivity index (χ1) is 10.8. The molecule has 1 aliphatic heterocycles. The highest BCUT2D eigenvalue weighted by Gasteiger charge is 2.19. The topological polar surface area (TPSA) is 84.8 Å². The van der Waals surface area contributed by atoms with E-state index < -0.39 is 0 Å². The fourth-order valence-corrected chi connectivity index (χ4v) is 2.37. The second-order valence-electron chi connectivity index (χ2n) is 4.94. The molecule has 0 radical (unpaired) electrons.